The van der Waals surface area contributed by atoms with E-state index in [1.807, 2.05) is 55.1 Å². The smallest absolute Gasteiger partial charge is 0.260 e. The van der Waals surface area contributed by atoms with E-state index in [4.69, 9.17) is 0 Å². The average Bonchev–Trinajstić information content (AvgIpc) is 2.93. The van der Waals surface area contributed by atoms with Crippen molar-refractivity contribution in [3.05, 3.63) is 70.3 Å². The second-order valence-electron chi connectivity index (χ2n) is 11.6. The molecular formula is C31H36N6O3S. The number of carbonyl (C=O) groups excluding carboxylic acids is 1. The van der Waals surface area contributed by atoms with E-state index in [1.165, 1.54) is 10.8 Å². The quantitative estimate of drug-likeness (QED) is 0.335. The van der Waals surface area contributed by atoms with Crippen molar-refractivity contribution in [1.82, 2.24) is 29.3 Å². The van der Waals surface area contributed by atoms with Gasteiger partial charge in [-0.25, -0.2) is 9.97 Å². The third kappa shape index (κ3) is 5.99. The van der Waals surface area contributed by atoms with Gasteiger partial charge in [-0.05, 0) is 70.0 Å². The van der Waals surface area contributed by atoms with Crippen LogP contribution in [0.5, 0.6) is 0 Å². The molecule has 0 radical (unpaired) electrons. The van der Waals surface area contributed by atoms with Gasteiger partial charge in [0, 0.05) is 66.4 Å². The molecule has 214 valence electrons. The third-order valence-corrected chi connectivity index (χ3v) is 8.35. The second kappa shape index (κ2) is 11.3. The summed E-state index contributed by atoms with van der Waals surface area (Å²) in [5.41, 5.74) is 4.88. The van der Waals surface area contributed by atoms with Crippen LogP contribution >= 0.6 is 0 Å². The lowest BCUT2D eigenvalue weighted by Gasteiger charge is -2.42. The fourth-order valence-corrected chi connectivity index (χ4v) is 5.73. The van der Waals surface area contributed by atoms with Gasteiger partial charge >= 0.3 is 0 Å². The first-order chi connectivity index (χ1) is 19.4. The Morgan fingerprint density at radius 2 is 1.71 bits per heavy atom. The van der Waals surface area contributed by atoms with Crippen molar-refractivity contribution in [2.75, 3.05) is 32.4 Å². The minimum absolute atomic E-state index is 0.0303. The zero-order valence-electron chi connectivity index (χ0n) is 24.5. The molecule has 1 aliphatic heterocycles. The summed E-state index contributed by atoms with van der Waals surface area (Å²) < 4.78 is 13.6. The number of benzene rings is 1. The highest BCUT2D eigenvalue weighted by molar-refractivity contribution is 7.84. The van der Waals surface area contributed by atoms with E-state index in [1.54, 1.807) is 12.3 Å². The van der Waals surface area contributed by atoms with E-state index < -0.39 is 10.8 Å². The molecule has 0 aliphatic carbocycles. The lowest BCUT2D eigenvalue weighted by molar-refractivity contribution is -0.134. The number of carbonyl (C=O) groups is 1. The van der Waals surface area contributed by atoms with Gasteiger partial charge < -0.3 is 4.90 Å². The number of hydrogen-bond acceptors (Lipinski definition) is 7. The first-order valence-corrected chi connectivity index (χ1v) is 15.3. The summed E-state index contributed by atoms with van der Waals surface area (Å²) in [5.74, 6) is -0.144. The molecule has 0 bridgehead atoms. The van der Waals surface area contributed by atoms with Crippen molar-refractivity contribution >= 4 is 27.7 Å². The summed E-state index contributed by atoms with van der Waals surface area (Å²) in [4.78, 5) is 45.1. The second-order valence-corrected chi connectivity index (χ2v) is 12.8. The van der Waals surface area contributed by atoms with E-state index in [0.29, 0.717) is 29.7 Å². The van der Waals surface area contributed by atoms with Crippen molar-refractivity contribution in [2.24, 2.45) is 0 Å². The van der Waals surface area contributed by atoms with Gasteiger partial charge in [-0.1, -0.05) is 18.2 Å². The number of aryl methyl sites for hydroxylation is 2. The Bertz CT molecular complexity index is 1720. The van der Waals surface area contributed by atoms with Gasteiger partial charge in [-0.2, -0.15) is 0 Å². The molecule has 0 spiro atoms. The number of amides is 1. The van der Waals surface area contributed by atoms with Gasteiger partial charge in [-0.15, -0.1) is 0 Å². The summed E-state index contributed by atoms with van der Waals surface area (Å²) in [6, 6.07) is 13.5. The maximum atomic E-state index is 14.1. The highest BCUT2D eigenvalue weighted by Gasteiger charge is 2.28. The molecule has 1 aromatic carbocycles. The lowest BCUT2D eigenvalue weighted by Crippen LogP contribution is -2.55. The Balaban J connectivity index is 1.55. The van der Waals surface area contributed by atoms with E-state index in [-0.39, 0.29) is 28.7 Å². The van der Waals surface area contributed by atoms with Crippen LogP contribution in [-0.2, 0) is 22.1 Å². The molecule has 1 atom stereocenters. The molecule has 41 heavy (non-hydrogen) atoms. The van der Waals surface area contributed by atoms with Crippen LogP contribution in [0.4, 0.5) is 0 Å². The molecule has 5 rings (SSSR count). The van der Waals surface area contributed by atoms with Crippen LogP contribution in [0.15, 0.2) is 58.6 Å². The van der Waals surface area contributed by atoms with Crippen molar-refractivity contribution in [1.29, 1.82) is 0 Å². The Hall–Kier alpha value is -3.76. The minimum atomic E-state index is -1.44. The molecule has 1 aliphatic rings. The lowest BCUT2D eigenvalue weighted by atomic mass is 9.97. The van der Waals surface area contributed by atoms with Crippen LogP contribution in [0.25, 0.3) is 33.4 Å². The summed E-state index contributed by atoms with van der Waals surface area (Å²) in [6.07, 6.45) is 3.07. The molecule has 1 amide bonds. The van der Waals surface area contributed by atoms with E-state index in [9.17, 15) is 13.8 Å². The Morgan fingerprint density at radius 1 is 0.976 bits per heavy atom. The molecule has 0 N–H and O–H groups in total. The molecule has 0 saturated carbocycles. The fourth-order valence-electron chi connectivity index (χ4n) is 5.31. The first-order valence-electron chi connectivity index (χ1n) is 13.7. The summed E-state index contributed by atoms with van der Waals surface area (Å²) in [6.45, 7) is 13.0. The summed E-state index contributed by atoms with van der Waals surface area (Å²) in [7, 11) is -1.44. The summed E-state index contributed by atoms with van der Waals surface area (Å²) in [5, 5.41) is 0.721. The highest BCUT2D eigenvalue weighted by Crippen LogP contribution is 2.28. The average molecular weight is 573 g/mol. The summed E-state index contributed by atoms with van der Waals surface area (Å²) >= 11 is 0. The van der Waals surface area contributed by atoms with Crippen LogP contribution in [0, 0.1) is 13.8 Å². The van der Waals surface area contributed by atoms with Crippen LogP contribution in [0.2, 0.25) is 0 Å². The molecule has 10 heteroatoms. The number of nitrogens with zero attached hydrogens (tertiary/aromatic N) is 6. The van der Waals surface area contributed by atoms with E-state index >= 15 is 0 Å². The monoisotopic (exact) mass is 572 g/mol. The van der Waals surface area contributed by atoms with Gasteiger partial charge in [0.15, 0.2) is 0 Å². The zero-order valence-corrected chi connectivity index (χ0v) is 25.3. The fraction of sp³-hybridized carbons (Fsp3) is 0.387. The molecule has 4 heterocycles. The molecule has 1 unspecified atom stereocenters. The predicted octanol–water partition coefficient (Wildman–Crippen LogP) is 3.82. The van der Waals surface area contributed by atoms with Crippen LogP contribution in [0.3, 0.4) is 0 Å². The van der Waals surface area contributed by atoms with E-state index in [0.717, 1.165) is 41.2 Å². The van der Waals surface area contributed by atoms with Gasteiger partial charge in [0.2, 0.25) is 11.1 Å². The van der Waals surface area contributed by atoms with Gasteiger partial charge in [0.25, 0.3) is 5.56 Å². The van der Waals surface area contributed by atoms with Gasteiger partial charge in [-0.3, -0.25) is 28.2 Å². The number of rotatable bonds is 5. The first kappa shape index (κ1) is 28.8. The molecular weight excluding hydrogens is 536 g/mol. The van der Waals surface area contributed by atoms with Crippen LogP contribution in [0.1, 0.15) is 32.0 Å². The van der Waals surface area contributed by atoms with Crippen LogP contribution in [-0.4, -0.2) is 77.4 Å². The standard InChI is InChI=1S/C31H36N6O3S/c1-20-16-22(26-9-7-8-21(2)33-26)10-11-24(20)25-17-23-18-32-30(41(6)40)34-28(23)37(29(25)39)19-27(38)35-12-14-36(15-13-35)31(3,4)5/h7-11,16-18H,12-15,19H2,1-6H3. The predicted molar refractivity (Wildman–Crippen MR) is 162 cm³/mol. The van der Waals surface area contributed by atoms with E-state index in [2.05, 4.69) is 40.6 Å². The van der Waals surface area contributed by atoms with Crippen molar-refractivity contribution in [3.8, 4) is 22.4 Å². The maximum absolute atomic E-state index is 14.1. The number of pyridine rings is 2. The largest absolute Gasteiger partial charge is 0.339 e. The molecule has 9 nitrogen and oxygen atoms in total. The molecule has 3 aromatic heterocycles. The SMILES string of the molecule is Cc1cccc(-c2ccc(-c3cc4cnc(S(C)=O)nc4n(CC(=O)N4CCN(C(C)(C)C)CC4)c3=O)c(C)c2)n1. The topological polar surface area (TPSA) is 101 Å². The van der Waals surface area contributed by atoms with Gasteiger partial charge in [0.05, 0.1) is 16.5 Å². The van der Waals surface area contributed by atoms with Crippen molar-refractivity contribution < 1.29 is 9.00 Å². The molecule has 1 fully saturated rings. The minimum Gasteiger partial charge on any atom is -0.339 e. The normalized spacial score (nSPS) is 15.3. The molecule has 1 saturated heterocycles. The number of piperazine rings is 1. The number of fused-ring (bicyclic) bond motifs is 1. The van der Waals surface area contributed by atoms with Crippen molar-refractivity contribution in [2.45, 2.75) is 51.9 Å². The molecule has 4 aromatic rings. The maximum Gasteiger partial charge on any atom is 0.260 e. The Morgan fingerprint density at radius 3 is 2.34 bits per heavy atom. The Labute approximate surface area is 242 Å². The van der Waals surface area contributed by atoms with Crippen LogP contribution < -0.4 is 5.56 Å². The number of aromatic nitrogens is 4. The zero-order chi connectivity index (χ0) is 29.5. The number of hydrogen-bond donors (Lipinski definition) is 0. The van der Waals surface area contributed by atoms with Crippen molar-refractivity contribution in [3.63, 3.8) is 0 Å². The van der Waals surface area contributed by atoms with Gasteiger partial charge in [0.1, 0.15) is 12.2 Å². The Kier molecular flexibility index (Phi) is 7.89. The highest BCUT2D eigenvalue weighted by atomic mass is 32.2. The third-order valence-electron chi connectivity index (χ3n) is 7.64.